The van der Waals surface area contributed by atoms with Crippen molar-refractivity contribution in [3.8, 4) is 17.2 Å². The average molecular weight is 811 g/mol. The summed E-state index contributed by atoms with van der Waals surface area (Å²) >= 11 is 0. The molecule has 4 bridgehead atoms. The van der Waals surface area contributed by atoms with Crippen LogP contribution in [0.25, 0.3) is 6.08 Å². The Morgan fingerprint density at radius 3 is 2.29 bits per heavy atom. The van der Waals surface area contributed by atoms with Gasteiger partial charge in [-0.1, -0.05) is 35.5 Å². The number of methoxy groups -OCH3 is 1. The topological polar surface area (TPSA) is 138 Å². The lowest BCUT2D eigenvalue weighted by molar-refractivity contribution is -0.171. The number of nitrogens with zero attached hydrogens (tertiary/aromatic N) is 2. The van der Waals surface area contributed by atoms with E-state index in [4.69, 9.17) is 23.7 Å². The van der Waals surface area contributed by atoms with Gasteiger partial charge in [0, 0.05) is 61.1 Å². The van der Waals surface area contributed by atoms with E-state index < -0.39 is 58.4 Å². The second kappa shape index (κ2) is 15.3. The summed E-state index contributed by atoms with van der Waals surface area (Å²) < 4.78 is 32.5. The first kappa shape index (κ1) is 42.3. The van der Waals surface area contributed by atoms with Crippen LogP contribution in [0, 0.1) is 11.8 Å². The number of fused-ring (bicyclic) bond motifs is 2. The summed E-state index contributed by atoms with van der Waals surface area (Å²) in [7, 11) is 3.28. The highest BCUT2D eigenvalue weighted by Crippen LogP contribution is 2.68. The normalized spacial score (nSPS) is 28.7. The third kappa shape index (κ3) is 7.09. The van der Waals surface area contributed by atoms with Gasteiger partial charge in [0.1, 0.15) is 29.1 Å². The summed E-state index contributed by atoms with van der Waals surface area (Å²) in [5, 5.41) is 0. The second-order valence-corrected chi connectivity index (χ2v) is 18.3. The molecule has 5 unspecified atom stereocenters. The fraction of sp³-hybridized carbons (Fsp3) is 0.553. The van der Waals surface area contributed by atoms with E-state index in [0.29, 0.717) is 62.3 Å². The minimum absolute atomic E-state index is 0.0354. The first-order chi connectivity index (χ1) is 27.8. The van der Waals surface area contributed by atoms with Crippen molar-refractivity contribution in [3.63, 3.8) is 0 Å². The minimum atomic E-state index is -1.67. The molecule has 1 spiro atoms. The van der Waals surface area contributed by atoms with Crippen LogP contribution in [0.3, 0.4) is 0 Å². The van der Waals surface area contributed by atoms with E-state index in [9.17, 15) is 19.2 Å². The molecule has 1 aromatic rings. The molecule has 0 aromatic heterocycles. The molecule has 1 amide bonds. The quantitative estimate of drug-likeness (QED) is 0.0777. The number of benzene rings is 1. The van der Waals surface area contributed by atoms with Crippen molar-refractivity contribution in [2.24, 2.45) is 11.8 Å². The Morgan fingerprint density at radius 2 is 1.63 bits per heavy atom. The number of piperazine rings is 1. The van der Waals surface area contributed by atoms with Crippen LogP contribution < -0.4 is 14.2 Å². The van der Waals surface area contributed by atoms with E-state index in [1.807, 2.05) is 73.7 Å². The van der Waals surface area contributed by atoms with E-state index in [-0.39, 0.29) is 46.3 Å². The van der Waals surface area contributed by atoms with Gasteiger partial charge < -0.3 is 33.5 Å². The molecule has 316 valence electrons. The summed E-state index contributed by atoms with van der Waals surface area (Å²) in [4.78, 5) is 74.0. The molecule has 59 heavy (non-hydrogen) atoms. The van der Waals surface area contributed by atoms with Crippen molar-refractivity contribution in [1.29, 1.82) is 0 Å². The van der Waals surface area contributed by atoms with Gasteiger partial charge in [0.25, 0.3) is 0 Å². The molecule has 1 saturated carbocycles. The number of esters is 2. The van der Waals surface area contributed by atoms with Crippen molar-refractivity contribution in [3.05, 3.63) is 69.4 Å². The molecule has 4 aliphatic heterocycles. The number of ether oxygens (including phenoxy) is 5. The third-order valence-corrected chi connectivity index (χ3v) is 13.0. The van der Waals surface area contributed by atoms with Crippen molar-refractivity contribution < 1.29 is 47.7 Å². The number of likely N-dealkylation sites (N-methyl/N-ethyl adjacent to an activating group) is 1. The smallest absolute Gasteiger partial charge is 0.333 e. The number of hydrogen-bond acceptors (Lipinski definition) is 11. The van der Waals surface area contributed by atoms with Crippen LogP contribution in [0.2, 0.25) is 0 Å². The van der Waals surface area contributed by atoms with E-state index in [2.05, 4.69) is 11.0 Å². The van der Waals surface area contributed by atoms with Crippen LogP contribution in [0.4, 0.5) is 0 Å². The highest BCUT2D eigenvalue weighted by atomic mass is 16.6. The zero-order valence-corrected chi connectivity index (χ0v) is 36.2. The maximum absolute atomic E-state index is 15.6. The van der Waals surface area contributed by atoms with Crippen molar-refractivity contribution in [2.75, 3.05) is 40.3 Å². The Hall–Kier alpha value is -4.81. The number of rotatable bonds is 11. The van der Waals surface area contributed by atoms with Crippen molar-refractivity contribution >= 4 is 35.5 Å². The van der Waals surface area contributed by atoms with Crippen LogP contribution in [-0.2, 0) is 35.1 Å². The summed E-state index contributed by atoms with van der Waals surface area (Å²) in [5.74, 6) is -3.00. The number of amides is 1. The van der Waals surface area contributed by atoms with E-state index in [1.54, 1.807) is 24.0 Å². The fourth-order valence-corrected chi connectivity index (χ4v) is 9.86. The molecule has 0 radical (unpaired) electrons. The largest absolute Gasteiger partial charge is 0.482 e. The Labute approximate surface area is 347 Å². The molecule has 3 aliphatic carbocycles. The van der Waals surface area contributed by atoms with Crippen molar-refractivity contribution in [1.82, 2.24) is 9.80 Å². The zero-order chi connectivity index (χ0) is 42.8. The molecule has 5 atom stereocenters. The maximum Gasteiger partial charge on any atom is 0.333 e. The molecular formula is C47H58N2O10. The highest BCUT2D eigenvalue weighted by molar-refractivity contribution is 6.19. The van der Waals surface area contributed by atoms with Gasteiger partial charge in [-0.3, -0.25) is 19.2 Å². The lowest BCUT2D eigenvalue weighted by atomic mass is 9.51. The molecular weight excluding hydrogens is 753 g/mol. The zero-order valence-electron chi connectivity index (χ0n) is 36.2. The minimum Gasteiger partial charge on any atom is -0.482 e. The van der Waals surface area contributed by atoms with Crippen LogP contribution >= 0.6 is 0 Å². The fourth-order valence-electron chi connectivity index (χ4n) is 9.86. The van der Waals surface area contributed by atoms with Gasteiger partial charge in [0.15, 0.2) is 28.5 Å². The van der Waals surface area contributed by atoms with Gasteiger partial charge in [-0.2, -0.15) is 0 Å². The molecule has 7 aliphatic rings. The molecule has 2 saturated heterocycles. The predicted octanol–water partition coefficient (Wildman–Crippen LogP) is 6.69. The predicted molar refractivity (Wildman–Crippen MR) is 221 cm³/mol. The molecule has 1 aromatic carbocycles. The Morgan fingerprint density at radius 1 is 0.932 bits per heavy atom. The molecule has 0 N–H and O–H groups in total. The lowest BCUT2D eigenvalue weighted by Crippen LogP contribution is -2.72. The van der Waals surface area contributed by atoms with Crippen LogP contribution in [0.15, 0.2) is 52.7 Å². The van der Waals surface area contributed by atoms with Gasteiger partial charge in [-0.05, 0) is 100 Å². The van der Waals surface area contributed by atoms with Crippen LogP contribution in [-0.4, -0.2) is 102 Å². The summed E-state index contributed by atoms with van der Waals surface area (Å²) in [6.45, 7) is 17.8. The molecule has 4 heterocycles. The Kier molecular flexibility index (Phi) is 11.0. The SMILES string of the molecule is COC(=O)/C(C)=C\CC12OC(C)(C)C3CC(C=C4C(=O)c5c(OC(=O)CC(=O)N6CCN(C)CC6)c6c(c(CC=C(C)C)c5OC431)OC(C)(CCC=C(C)C)C=C6)C2=O. The van der Waals surface area contributed by atoms with Gasteiger partial charge in [-0.25, -0.2) is 4.79 Å². The Bertz CT molecular complexity index is 2160. The maximum atomic E-state index is 15.6. The number of ketones is 2. The van der Waals surface area contributed by atoms with Gasteiger partial charge in [0.05, 0.1) is 18.3 Å². The average Bonchev–Trinajstić information content (AvgIpc) is 3.32. The number of Topliss-reactive ketones (excluding diaryl/α,β-unsaturated/α-hetero) is 2. The number of carbonyl (C=O) groups excluding carboxylic acids is 5. The van der Waals surface area contributed by atoms with Gasteiger partial charge in [-0.15, -0.1) is 0 Å². The number of allylic oxidation sites excluding steroid dienone is 5. The van der Waals surface area contributed by atoms with Crippen molar-refractivity contribution in [2.45, 2.75) is 116 Å². The lowest BCUT2D eigenvalue weighted by Gasteiger charge is -2.56. The van der Waals surface area contributed by atoms with E-state index in [0.717, 1.165) is 12.0 Å². The first-order valence-electron chi connectivity index (χ1n) is 20.8. The summed E-state index contributed by atoms with van der Waals surface area (Å²) in [6.07, 6.45) is 12.8. The summed E-state index contributed by atoms with van der Waals surface area (Å²) in [5.41, 5.74) is -1.23. The standard InChI is InChI=1S/C47H58N2O10/c1-27(2)12-11-17-45(8)18-16-32-39(57-45)31(14-13-28(3)4)41-37(40(32)56-36(51)26-35(50)49-22-20-48(9)21-23-49)38(52)33-24-30-25-34-44(6,7)59-46(42(30)53,47(33,34)58-41)19-15-29(5)43(54)55-10/h12-13,15-16,18,24,30,34H,11,14,17,19-23,25-26H2,1-10H3/b29-15-. The molecule has 12 heteroatoms. The second-order valence-electron chi connectivity index (χ2n) is 18.3. The molecule has 3 fully saturated rings. The highest BCUT2D eigenvalue weighted by Gasteiger charge is 2.81. The van der Waals surface area contributed by atoms with Gasteiger partial charge >= 0.3 is 11.9 Å². The molecule has 12 nitrogen and oxygen atoms in total. The first-order valence-corrected chi connectivity index (χ1v) is 20.8. The Balaban J connectivity index is 1.43. The van der Waals surface area contributed by atoms with E-state index >= 15 is 4.79 Å². The monoisotopic (exact) mass is 810 g/mol. The van der Waals surface area contributed by atoms with Crippen LogP contribution in [0.5, 0.6) is 17.2 Å². The van der Waals surface area contributed by atoms with Gasteiger partial charge in [0.2, 0.25) is 5.91 Å². The number of hydrogen-bond donors (Lipinski definition) is 0. The third-order valence-electron chi connectivity index (χ3n) is 13.0. The summed E-state index contributed by atoms with van der Waals surface area (Å²) in [6, 6.07) is 0. The molecule has 8 rings (SSSR count). The van der Waals surface area contributed by atoms with Crippen LogP contribution in [0.1, 0.15) is 109 Å². The number of carbonyl (C=O) groups is 5. The van der Waals surface area contributed by atoms with E-state index in [1.165, 1.54) is 12.7 Å².